The minimum absolute atomic E-state index is 0.143. The molecule has 0 spiro atoms. The smallest absolute Gasteiger partial charge is 0.232 e. The lowest BCUT2D eigenvalue weighted by Crippen LogP contribution is -2.19. The maximum atomic E-state index is 11.8. The Morgan fingerprint density at radius 2 is 1.84 bits per heavy atom. The summed E-state index contributed by atoms with van der Waals surface area (Å²) < 4.78 is 31.2. The Morgan fingerprint density at radius 3 is 2.42 bits per heavy atom. The lowest BCUT2D eigenvalue weighted by Gasteiger charge is -2.08. The molecule has 0 amide bonds. The number of anilines is 1. The maximum absolute atomic E-state index is 11.8. The molecule has 0 radical (unpaired) electrons. The van der Waals surface area contributed by atoms with Gasteiger partial charge >= 0.3 is 0 Å². The van der Waals surface area contributed by atoms with Crippen molar-refractivity contribution in [3.8, 4) is 5.75 Å². The lowest BCUT2D eigenvalue weighted by molar-refractivity contribution is 0.415. The molecule has 0 heterocycles. The quantitative estimate of drug-likeness (QED) is 0.680. The number of hydrogen-bond donors (Lipinski definition) is 2. The Labute approximate surface area is 115 Å². The summed E-state index contributed by atoms with van der Waals surface area (Å²) in [6.07, 6.45) is 1.51. The Bertz CT molecular complexity index is 457. The molecule has 19 heavy (non-hydrogen) atoms. The molecule has 1 aromatic carbocycles. The van der Waals surface area contributed by atoms with Gasteiger partial charge in [-0.3, -0.25) is 4.72 Å². The molecule has 1 aromatic rings. The van der Waals surface area contributed by atoms with Crippen LogP contribution < -0.4 is 14.8 Å². The molecule has 5 nitrogen and oxygen atoms in total. The van der Waals surface area contributed by atoms with E-state index in [-0.39, 0.29) is 5.75 Å². The maximum Gasteiger partial charge on any atom is 0.232 e. The zero-order valence-electron chi connectivity index (χ0n) is 11.5. The highest BCUT2D eigenvalue weighted by molar-refractivity contribution is 7.92. The second-order valence-corrected chi connectivity index (χ2v) is 6.05. The van der Waals surface area contributed by atoms with E-state index < -0.39 is 10.0 Å². The topological polar surface area (TPSA) is 67.4 Å². The summed E-state index contributed by atoms with van der Waals surface area (Å²) >= 11 is 0. The van der Waals surface area contributed by atoms with Gasteiger partial charge in [0.25, 0.3) is 0 Å². The van der Waals surface area contributed by atoms with Crippen LogP contribution in [0.1, 0.15) is 19.8 Å². The Hall–Kier alpha value is -1.27. The van der Waals surface area contributed by atoms with E-state index in [1.165, 1.54) is 0 Å². The predicted octanol–water partition coefficient (Wildman–Crippen LogP) is 1.83. The van der Waals surface area contributed by atoms with Gasteiger partial charge in [0.1, 0.15) is 5.75 Å². The third-order valence-corrected chi connectivity index (χ3v) is 4.00. The van der Waals surface area contributed by atoms with Crippen molar-refractivity contribution in [2.24, 2.45) is 0 Å². The van der Waals surface area contributed by atoms with E-state index in [9.17, 15) is 8.42 Å². The highest BCUT2D eigenvalue weighted by Crippen LogP contribution is 2.16. The number of ether oxygens (including phenoxy) is 1. The minimum atomic E-state index is -3.26. The van der Waals surface area contributed by atoms with Crippen molar-refractivity contribution in [1.82, 2.24) is 5.32 Å². The SMILES string of the molecule is CCNCCCCS(=O)(=O)Nc1ccc(OC)cc1. The molecule has 0 saturated carbocycles. The van der Waals surface area contributed by atoms with Crippen LogP contribution in [0, 0.1) is 0 Å². The third kappa shape index (κ3) is 6.45. The van der Waals surface area contributed by atoms with Crippen LogP contribution in [-0.2, 0) is 10.0 Å². The molecule has 0 atom stereocenters. The van der Waals surface area contributed by atoms with Crippen LogP contribution in [0.25, 0.3) is 0 Å². The molecule has 2 N–H and O–H groups in total. The van der Waals surface area contributed by atoms with E-state index in [1.54, 1.807) is 31.4 Å². The molecule has 0 aliphatic rings. The fourth-order valence-corrected chi connectivity index (χ4v) is 2.79. The summed E-state index contributed by atoms with van der Waals surface area (Å²) in [5, 5.41) is 3.17. The predicted molar refractivity (Wildman–Crippen MR) is 78.2 cm³/mol. The van der Waals surface area contributed by atoms with E-state index in [0.717, 1.165) is 19.5 Å². The fraction of sp³-hybridized carbons (Fsp3) is 0.538. The normalized spacial score (nSPS) is 11.3. The first-order chi connectivity index (χ1) is 9.07. The van der Waals surface area contributed by atoms with Gasteiger partial charge in [-0.2, -0.15) is 0 Å². The monoisotopic (exact) mass is 286 g/mol. The van der Waals surface area contributed by atoms with Gasteiger partial charge in [0.05, 0.1) is 12.9 Å². The van der Waals surface area contributed by atoms with Crippen LogP contribution in [0.5, 0.6) is 5.75 Å². The highest BCUT2D eigenvalue weighted by Gasteiger charge is 2.09. The molecule has 0 aliphatic heterocycles. The molecule has 6 heteroatoms. The molecular weight excluding hydrogens is 264 g/mol. The van der Waals surface area contributed by atoms with Crippen LogP contribution in [0.15, 0.2) is 24.3 Å². The number of hydrogen-bond acceptors (Lipinski definition) is 4. The van der Waals surface area contributed by atoms with Crippen molar-refractivity contribution in [2.75, 3.05) is 30.7 Å². The molecule has 108 valence electrons. The van der Waals surface area contributed by atoms with Gasteiger partial charge < -0.3 is 10.1 Å². The summed E-state index contributed by atoms with van der Waals surface area (Å²) in [6, 6.07) is 6.83. The Morgan fingerprint density at radius 1 is 1.16 bits per heavy atom. The van der Waals surface area contributed by atoms with E-state index >= 15 is 0 Å². The first kappa shape index (κ1) is 15.8. The number of sulfonamides is 1. The van der Waals surface area contributed by atoms with Crippen LogP contribution in [0.3, 0.4) is 0 Å². The average Bonchev–Trinajstić information content (AvgIpc) is 2.39. The minimum Gasteiger partial charge on any atom is -0.497 e. The van der Waals surface area contributed by atoms with E-state index in [4.69, 9.17) is 4.74 Å². The largest absolute Gasteiger partial charge is 0.497 e. The number of methoxy groups -OCH3 is 1. The number of unbranched alkanes of at least 4 members (excludes halogenated alkanes) is 1. The summed E-state index contributed by atoms with van der Waals surface area (Å²) in [5.41, 5.74) is 0.562. The van der Waals surface area contributed by atoms with Crippen LogP contribution in [0.2, 0.25) is 0 Å². The fourth-order valence-electron chi connectivity index (χ4n) is 1.61. The lowest BCUT2D eigenvalue weighted by atomic mass is 10.3. The summed E-state index contributed by atoms with van der Waals surface area (Å²) in [4.78, 5) is 0. The molecule has 0 bridgehead atoms. The van der Waals surface area contributed by atoms with Crippen LogP contribution in [0.4, 0.5) is 5.69 Å². The van der Waals surface area contributed by atoms with E-state index in [2.05, 4.69) is 10.0 Å². The molecule has 0 saturated heterocycles. The first-order valence-corrected chi connectivity index (χ1v) is 8.08. The average molecular weight is 286 g/mol. The second-order valence-electron chi connectivity index (χ2n) is 4.21. The molecule has 0 aliphatic carbocycles. The summed E-state index contributed by atoms with van der Waals surface area (Å²) in [5.74, 6) is 0.846. The van der Waals surface area contributed by atoms with Crippen molar-refractivity contribution in [2.45, 2.75) is 19.8 Å². The van der Waals surface area contributed by atoms with Crippen molar-refractivity contribution in [3.63, 3.8) is 0 Å². The van der Waals surface area contributed by atoms with Crippen molar-refractivity contribution in [3.05, 3.63) is 24.3 Å². The zero-order chi connectivity index (χ0) is 14.1. The van der Waals surface area contributed by atoms with Gasteiger partial charge in [-0.05, 0) is 50.2 Å². The summed E-state index contributed by atoms with van der Waals surface area (Å²) in [7, 11) is -1.69. The third-order valence-electron chi connectivity index (χ3n) is 2.63. The van der Waals surface area contributed by atoms with Gasteiger partial charge in [0, 0.05) is 5.69 Å². The van der Waals surface area contributed by atoms with Crippen molar-refractivity contribution >= 4 is 15.7 Å². The van der Waals surface area contributed by atoms with Gasteiger partial charge in [-0.25, -0.2) is 8.42 Å². The number of nitrogens with one attached hydrogen (secondary N) is 2. The van der Waals surface area contributed by atoms with Crippen molar-refractivity contribution < 1.29 is 13.2 Å². The summed E-state index contributed by atoms with van der Waals surface area (Å²) in [6.45, 7) is 3.80. The molecule has 0 unspecified atom stereocenters. The zero-order valence-corrected chi connectivity index (χ0v) is 12.3. The number of rotatable bonds is 9. The van der Waals surface area contributed by atoms with E-state index in [1.807, 2.05) is 6.92 Å². The highest BCUT2D eigenvalue weighted by atomic mass is 32.2. The molecule has 0 aromatic heterocycles. The standard InChI is InChI=1S/C13H22N2O3S/c1-3-14-10-4-5-11-19(16,17)15-12-6-8-13(18-2)9-7-12/h6-9,14-15H,3-5,10-11H2,1-2H3. The van der Waals surface area contributed by atoms with Gasteiger partial charge in [0.15, 0.2) is 0 Å². The van der Waals surface area contributed by atoms with Gasteiger partial charge in [-0.15, -0.1) is 0 Å². The van der Waals surface area contributed by atoms with Crippen LogP contribution >= 0.6 is 0 Å². The van der Waals surface area contributed by atoms with Gasteiger partial charge in [0.2, 0.25) is 10.0 Å². The Balaban J connectivity index is 2.40. The molecule has 1 rings (SSSR count). The van der Waals surface area contributed by atoms with Crippen molar-refractivity contribution in [1.29, 1.82) is 0 Å². The van der Waals surface area contributed by atoms with Crippen LogP contribution in [-0.4, -0.2) is 34.4 Å². The number of benzene rings is 1. The molecule has 0 fully saturated rings. The van der Waals surface area contributed by atoms with E-state index in [0.29, 0.717) is 17.9 Å². The second kappa shape index (κ2) is 8.01. The van der Waals surface area contributed by atoms with Gasteiger partial charge in [-0.1, -0.05) is 6.92 Å². The molecular formula is C13H22N2O3S. The Kier molecular flexibility index (Phi) is 6.66. The first-order valence-electron chi connectivity index (χ1n) is 6.42.